The number of benzene rings is 9. The Morgan fingerprint density at radius 1 is 0.306 bits per heavy atom. The Morgan fingerprint density at radius 2 is 0.742 bits per heavy atom. The fraction of sp³-hybridized carbons (Fsp3) is 0. The number of hydrogen-bond acceptors (Lipinski definition) is 4. The molecule has 0 aliphatic rings. The molecule has 0 saturated carbocycles. The van der Waals surface area contributed by atoms with Crippen molar-refractivity contribution in [2.75, 3.05) is 0 Å². The van der Waals surface area contributed by atoms with Crippen LogP contribution >= 0.6 is 11.3 Å². The van der Waals surface area contributed by atoms with Gasteiger partial charge < -0.3 is 4.57 Å². The maximum atomic E-state index is 5.20. The highest BCUT2D eigenvalue weighted by atomic mass is 32.1. The number of nitrogens with zero attached hydrogens (tertiary/aromatic N) is 4. The van der Waals surface area contributed by atoms with Crippen LogP contribution in [0, 0.1) is 0 Å². The second-order valence-corrected chi connectivity index (χ2v) is 16.7. The summed E-state index contributed by atoms with van der Waals surface area (Å²) in [6.07, 6.45) is 0. The number of hydrogen-bond donors (Lipinski definition) is 0. The molecule has 290 valence electrons. The molecule has 3 heterocycles. The first-order valence-electron chi connectivity index (χ1n) is 20.8. The van der Waals surface area contributed by atoms with Crippen molar-refractivity contribution in [3.63, 3.8) is 0 Å². The van der Waals surface area contributed by atoms with E-state index in [1.54, 1.807) is 0 Å². The summed E-state index contributed by atoms with van der Waals surface area (Å²) >= 11 is 1.87. The third-order valence-electron chi connectivity index (χ3n) is 11.8. The molecule has 5 heteroatoms. The Hall–Kier alpha value is -7.99. The normalized spacial score (nSPS) is 11.5. The van der Waals surface area contributed by atoms with Gasteiger partial charge in [0, 0.05) is 48.6 Å². The summed E-state index contributed by atoms with van der Waals surface area (Å²) in [5, 5.41) is 5.10. The van der Waals surface area contributed by atoms with Gasteiger partial charge in [0.15, 0.2) is 17.5 Å². The summed E-state index contributed by atoms with van der Waals surface area (Å²) in [5.74, 6) is 1.87. The summed E-state index contributed by atoms with van der Waals surface area (Å²) < 4.78 is 5.06. The van der Waals surface area contributed by atoms with E-state index in [2.05, 4.69) is 211 Å². The summed E-state index contributed by atoms with van der Waals surface area (Å²) in [6.45, 7) is 0. The SMILES string of the molecule is c1ccc(-c2cccc(-c3nc(-c4cccc(-c5ccccc5)c4)nc(-c4cccc(-c5cccc(-n6c7ccccc7c7ccc8c9ccccc9sc8c76)c5)c4)n3)c2)cc1. The maximum Gasteiger partial charge on any atom is 0.164 e. The third-order valence-corrected chi connectivity index (χ3v) is 13.0. The molecule has 4 nitrogen and oxygen atoms in total. The molecule has 9 aromatic carbocycles. The molecular formula is C57H36N4S. The number of fused-ring (bicyclic) bond motifs is 7. The minimum absolute atomic E-state index is 0.618. The lowest BCUT2D eigenvalue weighted by atomic mass is 10.0. The lowest BCUT2D eigenvalue weighted by molar-refractivity contribution is 1.07. The fourth-order valence-corrected chi connectivity index (χ4v) is 10.1. The number of thiophene rings is 1. The van der Waals surface area contributed by atoms with Crippen LogP contribution in [0.5, 0.6) is 0 Å². The minimum Gasteiger partial charge on any atom is -0.308 e. The summed E-state index contributed by atoms with van der Waals surface area (Å²) in [7, 11) is 0. The highest BCUT2D eigenvalue weighted by Gasteiger charge is 2.19. The second kappa shape index (κ2) is 14.9. The number of para-hydroxylation sites is 1. The first-order valence-corrected chi connectivity index (χ1v) is 21.7. The monoisotopic (exact) mass is 808 g/mol. The van der Waals surface area contributed by atoms with Crippen LogP contribution in [0.25, 0.3) is 115 Å². The van der Waals surface area contributed by atoms with E-state index in [9.17, 15) is 0 Å². The largest absolute Gasteiger partial charge is 0.308 e. The molecule has 0 spiro atoms. The first kappa shape index (κ1) is 35.9. The van der Waals surface area contributed by atoms with E-state index in [1.165, 1.54) is 42.0 Å². The van der Waals surface area contributed by atoms with Gasteiger partial charge in [0.05, 0.1) is 15.7 Å². The predicted octanol–water partition coefficient (Wildman–Crippen LogP) is 15.3. The van der Waals surface area contributed by atoms with Crippen molar-refractivity contribution >= 4 is 53.3 Å². The fourth-order valence-electron chi connectivity index (χ4n) is 8.86. The smallest absolute Gasteiger partial charge is 0.164 e. The molecule has 0 bridgehead atoms. The van der Waals surface area contributed by atoms with Gasteiger partial charge in [0.1, 0.15) is 0 Å². The quantitative estimate of drug-likeness (QED) is 0.161. The molecule has 0 saturated heterocycles. The van der Waals surface area contributed by atoms with Crippen LogP contribution in [0.2, 0.25) is 0 Å². The molecule has 0 atom stereocenters. The molecule has 0 aliphatic heterocycles. The minimum atomic E-state index is 0.618. The van der Waals surface area contributed by atoms with E-state index in [-0.39, 0.29) is 0 Å². The van der Waals surface area contributed by atoms with Crippen molar-refractivity contribution in [2.24, 2.45) is 0 Å². The van der Waals surface area contributed by atoms with Crippen LogP contribution in [-0.2, 0) is 0 Å². The molecule has 0 aliphatic carbocycles. The molecule has 0 fully saturated rings. The Kier molecular flexibility index (Phi) is 8.65. The average Bonchev–Trinajstić information content (AvgIpc) is 3.91. The van der Waals surface area contributed by atoms with Gasteiger partial charge in [-0.1, -0.05) is 176 Å². The van der Waals surface area contributed by atoms with Gasteiger partial charge in [-0.05, 0) is 75.8 Å². The van der Waals surface area contributed by atoms with Crippen LogP contribution in [0.15, 0.2) is 218 Å². The highest BCUT2D eigenvalue weighted by molar-refractivity contribution is 7.26. The van der Waals surface area contributed by atoms with Gasteiger partial charge in [0.2, 0.25) is 0 Å². The number of rotatable bonds is 7. The highest BCUT2D eigenvalue weighted by Crippen LogP contribution is 2.43. The Bertz CT molecular complexity index is 3540. The van der Waals surface area contributed by atoms with Crippen LogP contribution in [-0.4, -0.2) is 19.5 Å². The average molecular weight is 809 g/mol. The van der Waals surface area contributed by atoms with Crippen molar-refractivity contribution in [2.45, 2.75) is 0 Å². The van der Waals surface area contributed by atoms with E-state index in [0.717, 1.165) is 55.8 Å². The van der Waals surface area contributed by atoms with Crippen molar-refractivity contribution in [3.05, 3.63) is 218 Å². The van der Waals surface area contributed by atoms with Gasteiger partial charge in [-0.3, -0.25) is 0 Å². The van der Waals surface area contributed by atoms with E-state index in [0.29, 0.717) is 17.5 Å². The Morgan fingerprint density at radius 3 is 1.34 bits per heavy atom. The van der Waals surface area contributed by atoms with Gasteiger partial charge >= 0.3 is 0 Å². The second-order valence-electron chi connectivity index (χ2n) is 15.6. The molecule has 0 amide bonds. The van der Waals surface area contributed by atoms with Crippen LogP contribution in [0.1, 0.15) is 0 Å². The molecule has 12 rings (SSSR count). The maximum absolute atomic E-state index is 5.20. The van der Waals surface area contributed by atoms with E-state index >= 15 is 0 Å². The van der Waals surface area contributed by atoms with Crippen LogP contribution in [0.4, 0.5) is 0 Å². The molecular weight excluding hydrogens is 773 g/mol. The summed E-state index contributed by atoms with van der Waals surface area (Å²) in [6, 6.07) is 77.4. The van der Waals surface area contributed by atoms with E-state index in [1.807, 2.05) is 23.5 Å². The third kappa shape index (κ3) is 6.26. The lowest BCUT2D eigenvalue weighted by Crippen LogP contribution is -2.00. The van der Waals surface area contributed by atoms with E-state index in [4.69, 9.17) is 15.0 Å². The molecule has 0 N–H and O–H groups in total. The van der Waals surface area contributed by atoms with Gasteiger partial charge in [0.25, 0.3) is 0 Å². The summed E-state index contributed by atoms with van der Waals surface area (Å²) in [4.78, 5) is 15.5. The van der Waals surface area contributed by atoms with Crippen molar-refractivity contribution in [1.82, 2.24) is 19.5 Å². The van der Waals surface area contributed by atoms with Gasteiger partial charge in [-0.2, -0.15) is 0 Å². The lowest BCUT2D eigenvalue weighted by Gasteiger charge is -2.13. The zero-order valence-electron chi connectivity index (χ0n) is 33.5. The topological polar surface area (TPSA) is 43.6 Å². The van der Waals surface area contributed by atoms with Crippen LogP contribution in [0.3, 0.4) is 0 Å². The van der Waals surface area contributed by atoms with Crippen LogP contribution < -0.4 is 0 Å². The summed E-state index contributed by atoms with van der Waals surface area (Å²) in [5.41, 5.74) is 13.0. The molecule has 3 aromatic heterocycles. The number of aromatic nitrogens is 4. The molecule has 12 aromatic rings. The van der Waals surface area contributed by atoms with Gasteiger partial charge in [-0.25, -0.2) is 15.0 Å². The predicted molar refractivity (Wildman–Crippen MR) is 260 cm³/mol. The van der Waals surface area contributed by atoms with Crippen molar-refractivity contribution in [3.8, 4) is 73.2 Å². The van der Waals surface area contributed by atoms with E-state index < -0.39 is 0 Å². The zero-order valence-corrected chi connectivity index (χ0v) is 34.3. The Labute approximate surface area is 362 Å². The zero-order chi connectivity index (χ0) is 41.0. The van der Waals surface area contributed by atoms with Crippen molar-refractivity contribution in [1.29, 1.82) is 0 Å². The molecule has 62 heavy (non-hydrogen) atoms. The van der Waals surface area contributed by atoms with Crippen molar-refractivity contribution < 1.29 is 0 Å². The Balaban J connectivity index is 0.998. The standard InChI is InChI=1S/C57H36N4S/c1-3-15-37(16-4-1)39-19-11-23-43(33-39)55-58-56(44-24-12-20-40(34-44)38-17-5-2-6-18-38)60-57(59-55)45-25-13-21-41(35-45)42-22-14-26-46(36-42)61-51-29-9-7-27-47(51)49-31-32-50-48-28-8-10-30-52(48)62-54(50)53(49)61/h1-36H. The molecule has 0 radical (unpaired) electrons. The first-order chi connectivity index (χ1) is 30.7. The molecule has 0 unspecified atom stereocenters. The van der Waals surface area contributed by atoms with Gasteiger partial charge in [-0.15, -0.1) is 11.3 Å².